The molecule has 3 rings (SSSR count). The molecule has 2 radical (unpaired) electrons. The van der Waals surface area contributed by atoms with E-state index in [2.05, 4.69) is 0 Å². The van der Waals surface area contributed by atoms with Gasteiger partial charge >= 0.3 is 0 Å². The third-order valence-corrected chi connectivity index (χ3v) is 3.17. The first-order valence-electron chi connectivity index (χ1n) is 5.46. The van der Waals surface area contributed by atoms with Gasteiger partial charge in [0.25, 0.3) is 0 Å². The zero-order valence-electron chi connectivity index (χ0n) is 9.47. The highest BCUT2D eigenvalue weighted by Gasteiger charge is 2.08. The van der Waals surface area contributed by atoms with Crippen molar-refractivity contribution < 1.29 is 0 Å². The summed E-state index contributed by atoms with van der Waals surface area (Å²) in [6.07, 6.45) is 0. The monoisotopic (exact) mass is 219 g/mol. The number of para-hydroxylation sites is 1. The van der Waals surface area contributed by atoms with Crippen molar-refractivity contribution in [3.63, 3.8) is 0 Å². The predicted molar refractivity (Wildman–Crippen MR) is 72.1 cm³/mol. The second-order valence-electron chi connectivity index (χ2n) is 4.15. The molecule has 0 aliphatic rings. The van der Waals surface area contributed by atoms with Gasteiger partial charge < -0.3 is 4.57 Å². The molecule has 1 heterocycles. The fraction of sp³-hybridized carbons (Fsp3) is 0.0714. The van der Waals surface area contributed by atoms with Gasteiger partial charge in [-0.3, -0.25) is 4.79 Å². The molecule has 0 atom stereocenters. The molecule has 0 amide bonds. The van der Waals surface area contributed by atoms with E-state index in [1.807, 2.05) is 48.0 Å². The van der Waals surface area contributed by atoms with Gasteiger partial charge in [-0.15, -0.1) is 0 Å². The first-order chi connectivity index (χ1) is 8.20. The molecule has 3 heteroatoms. The van der Waals surface area contributed by atoms with Crippen LogP contribution >= 0.6 is 0 Å². The second kappa shape index (κ2) is 3.49. The van der Waals surface area contributed by atoms with Crippen molar-refractivity contribution in [3.05, 3.63) is 52.7 Å². The Morgan fingerprint density at radius 2 is 1.71 bits per heavy atom. The number of hydrogen-bond donors (Lipinski definition) is 0. The van der Waals surface area contributed by atoms with E-state index in [1.165, 1.54) is 0 Å². The quantitative estimate of drug-likeness (QED) is 0.414. The van der Waals surface area contributed by atoms with Crippen LogP contribution in [0.4, 0.5) is 0 Å². The smallest absolute Gasteiger partial charge is 0.196 e. The number of aromatic nitrogens is 1. The van der Waals surface area contributed by atoms with E-state index in [0.29, 0.717) is 16.2 Å². The maximum Gasteiger partial charge on any atom is 0.196 e. The largest absolute Gasteiger partial charge is 0.343 e. The molecule has 0 N–H and O–H groups in total. The van der Waals surface area contributed by atoms with Gasteiger partial charge in [0.05, 0.1) is 11.0 Å². The van der Waals surface area contributed by atoms with Gasteiger partial charge in [-0.05, 0) is 18.2 Å². The summed E-state index contributed by atoms with van der Waals surface area (Å²) in [5.41, 5.74) is 2.34. The molecule has 0 saturated heterocycles. The van der Waals surface area contributed by atoms with Crippen LogP contribution in [0, 0.1) is 0 Å². The molecule has 0 unspecified atom stereocenters. The molecular formula is C14H10BNO. The van der Waals surface area contributed by atoms with E-state index in [9.17, 15) is 4.79 Å². The number of rotatable bonds is 0. The summed E-state index contributed by atoms with van der Waals surface area (Å²) >= 11 is 0. The number of aryl methyl sites for hydroxylation is 1. The molecule has 3 aromatic rings. The van der Waals surface area contributed by atoms with Crippen LogP contribution in [0.15, 0.2) is 47.3 Å². The summed E-state index contributed by atoms with van der Waals surface area (Å²) in [5, 5.41) is 1.31. The molecule has 0 spiro atoms. The summed E-state index contributed by atoms with van der Waals surface area (Å²) < 4.78 is 2.00. The number of nitrogens with zero attached hydrogens (tertiary/aromatic N) is 1. The van der Waals surface area contributed by atoms with Crippen molar-refractivity contribution in [1.82, 2.24) is 4.57 Å². The van der Waals surface area contributed by atoms with Crippen LogP contribution in [0.2, 0.25) is 0 Å². The third kappa shape index (κ3) is 1.32. The zero-order chi connectivity index (χ0) is 12.0. The normalized spacial score (nSPS) is 11.1. The number of benzene rings is 2. The van der Waals surface area contributed by atoms with Crippen molar-refractivity contribution in [1.29, 1.82) is 0 Å². The summed E-state index contributed by atoms with van der Waals surface area (Å²) in [7, 11) is 7.85. The molecule has 0 fully saturated rings. The standard InChI is InChI=1S/C14H10BNO/c1-16-11-7-3-2-5-9(11)14(17)13-10(15)6-4-8-12(13)16/h2-8H,1H3. The number of pyridine rings is 1. The SMILES string of the molecule is [B]c1cccc2c1c(=O)c1ccccc1n2C. The molecule has 2 aromatic carbocycles. The van der Waals surface area contributed by atoms with Crippen LogP contribution in [-0.2, 0) is 7.05 Å². The van der Waals surface area contributed by atoms with E-state index in [-0.39, 0.29) is 5.43 Å². The Bertz CT molecular complexity index is 789. The lowest BCUT2D eigenvalue weighted by Gasteiger charge is -2.11. The highest BCUT2D eigenvalue weighted by atomic mass is 16.1. The Morgan fingerprint density at radius 3 is 2.53 bits per heavy atom. The lowest BCUT2D eigenvalue weighted by molar-refractivity contribution is 1.00. The van der Waals surface area contributed by atoms with Gasteiger partial charge in [0, 0.05) is 17.8 Å². The van der Waals surface area contributed by atoms with Gasteiger partial charge in [0.1, 0.15) is 7.85 Å². The summed E-state index contributed by atoms with van der Waals surface area (Å²) in [4.78, 5) is 12.4. The van der Waals surface area contributed by atoms with Crippen molar-refractivity contribution in [2.75, 3.05) is 0 Å². The molecule has 0 aliphatic carbocycles. The van der Waals surface area contributed by atoms with Crippen LogP contribution in [0.1, 0.15) is 0 Å². The summed E-state index contributed by atoms with van der Waals surface area (Å²) in [6.45, 7) is 0. The maximum atomic E-state index is 12.4. The highest BCUT2D eigenvalue weighted by molar-refractivity contribution is 6.38. The Balaban J connectivity index is 2.74. The lowest BCUT2D eigenvalue weighted by Crippen LogP contribution is -2.17. The molecule has 2 nitrogen and oxygen atoms in total. The van der Waals surface area contributed by atoms with E-state index < -0.39 is 0 Å². The third-order valence-electron chi connectivity index (χ3n) is 3.17. The first-order valence-corrected chi connectivity index (χ1v) is 5.46. The van der Waals surface area contributed by atoms with Crippen molar-refractivity contribution in [2.45, 2.75) is 0 Å². The lowest BCUT2D eigenvalue weighted by atomic mass is 9.90. The summed E-state index contributed by atoms with van der Waals surface area (Å²) in [5.74, 6) is 0. The molecule has 1 aromatic heterocycles. The average Bonchev–Trinajstić information content (AvgIpc) is 2.36. The van der Waals surface area contributed by atoms with E-state index >= 15 is 0 Å². The van der Waals surface area contributed by atoms with E-state index in [0.717, 1.165) is 11.0 Å². The van der Waals surface area contributed by atoms with Crippen molar-refractivity contribution >= 4 is 35.1 Å². The van der Waals surface area contributed by atoms with E-state index in [4.69, 9.17) is 7.85 Å². The minimum atomic E-state index is 0.00630. The molecule has 0 aliphatic heterocycles. The van der Waals surface area contributed by atoms with Gasteiger partial charge in [0.15, 0.2) is 5.43 Å². The summed E-state index contributed by atoms with van der Waals surface area (Å²) in [6, 6.07) is 13.1. The van der Waals surface area contributed by atoms with Crippen molar-refractivity contribution in [2.24, 2.45) is 7.05 Å². The van der Waals surface area contributed by atoms with Gasteiger partial charge in [-0.25, -0.2) is 0 Å². The molecular weight excluding hydrogens is 209 g/mol. The number of hydrogen-bond acceptors (Lipinski definition) is 1. The fourth-order valence-electron chi connectivity index (χ4n) is 2.31. The zero-order valence-corrected chi connectivity index (χ0v) is 9.47. The molecule has 0 bridgehead atoms. The minimum absolute atomic E-state index is 0.00630. The van der Waals surface area contributed by atoms with Gasteiger partial charge in [-0.2, -0.15) is 0 Å². The topological polar surface area (TPSA) is 22.0 Å². The second-order valence-corrected chi connectivity index (χ2v) is 4.15. The molecule has 0 saturated carbocycles. The van der Waals surface area contributed by atoms with Crippen LogP contribution < -0.4 is 10.9 Å². The van der Waals surface area contributed by atoms with E-state index in [1.54, 1.807) is 6.07 Å². The van der Waals surface area contributed by atoms with Crippen LogP contribution in [0.3, 0.4) is 0 Å². The molecule has 80 valence electrons. The minimum Gasteiger partial charge on any atom is -0.343 e. The molecule has 17 heavy (non-hydrogen) atoms. The van der Waals surface area contributed by atoms with Gasteiger partial charge in [-0.1, -0.05) is 29.7 Å². The number of fused-ring (bicyclic) bond motifs is 2. The van der Waals surface area contributed by atoms with Gasteiger partial charge in [0.2, 0.25) is 0 Å². The Hall–Kier alpha value is -2.03. The Morgan fingerprint density at radius 1 is 1.00 bits per heavy atom. The maximum absolute atomic E-state index is 12.4. The van der Waals surface area contributed by atoms with Crippen LogP contribution in [0.25, 0.3) is 21.8 Å². The highest BCUT2D eigenvalue weighted by Crippen LogP contribution is 2.15. The van der Waals surface area contributed by atoms with Crippen LogP contribution in [-0.4, -0.2) is 12.4 Å². The Kier molecular flexibility index (Phi) is 2.08. The fourth-order valence-corrected chi connectivity index (χ4v) is 2.31. The van der Waals surface area contributed by atoms with Crippen molar-refractivity contribution in [3.8, 4) is 0 Å². The predicted octanol–water partition coefficient (Wildman–Crippen LogP) is 1.49. The average molecular weight is 219 g/mol. The first kappa shape index (κ1) is 10.1. The van der Waals surface area contributed by atoms with Crippen LogP contribution in [0.5, 0.6) is 0 Å². The Labute approximate surface area is 99.9 Å².